The summed E-state index contributed by atoms with van der Waals surface area (Å²) in [5, 5.41) is 1.27. The van der Waals surface area contributed by atoms with Crippen molar-refractivity contribution in [2.24, 2.45) is 0 Å². The highest BCUT2D eigenvalue weighted by Crippen LogP contribution is 2.49. The van der Waals surface area contributed by atoms with Gasteiger partial charge in [-0.15, -0.1) is 0 Å². The van der Waals surface area contributed by atoms with Crippen molar-refractivity contribution in [1.82, 2.24) is 9.88 Å². The van der Waals surface area contributed by atoms with Gasteiger partial charge >= 0.3 is 0 Å². The molecule has 3 aromatic carbocycles. The Morgan fingerprint density at radius 2 is 1.72 bits per heavy atom. The third-order valence-electron chi connectivity index (χ3n) is 6.63. The SMILES string of the molecule is CCc1ccc([C@H]2CN3C(=O)c4ccccc4[C@@H]3c3[nH]c4ccccc4c32)cc1. The van der Waals surface area contributed by atoms with E-state index in [1.54, 1.807) is 0 Å². The number of nitrogens with zero attached hydrogens (tertiary/aromatic N) is 1. The molecule has 0 saturated heterocycles. The highest BCUT2D eigenvalue weighted by atomic mass is 16.2. The minimum Gasteiger partial charge on any atom is -0.356 e. The first-order valence-electron chi connectivity index (χ1n) is 10.4. The van der Waals surface area contributed by atoms with E-state index in [1.807, 2.05) is 18.2 Å². The maximum absolute atomic E-state index is 13.2. The van der Waals surface area contributed by atoms with Gasteiger partial charge in [-0.3, -0.25) is 4.79 Å². The molecule has 3 nitrogen and oxygen atoms in total. The lowest BCUT2D eigenvalue weighted by Gasteiger charge is -2.36. The molecule has 0 bridgehead atoms. The Hall–Kier alpha value is -3.33. The minimum absolute atomic E-state index is 0.0211. The fraction of sp³-hybridized carbons (Fsp3) is 0.192. The molecule has 0 radical (unpaired) electrons. The van der Waals surface area contributed by atoms with Crippen LogP contribution in [0.4, 0.5) is 0 Å². The molecule has 2 aliphatic rings. The molecule has 0 saturated carbocycles. The summed E-state index contributed by atoms with van der Waals surface area (Å²) in [6.45, 7) is 2.89. The van der Waals surface area contributed by atoms with E-state index < -0.39 is 0 Å². The van der Waals surface area contributed by atoms with Crippen LogP contribution in [0.2, 0.25) is 0 Å². The third-order valence-corrected chi connectivity index (χ3v) is 6.63. The summed E-state index contributed by atoms with van der Waals surface area (Å²) in [4.78, 5) is 19.0. The molecule has 0 unspecified atom stereocenters. The quantitative estimate of drug-likeness (QED) is 0.497. The first-order chi connectivity index (χ1) is 14.3. The lowest BCUT2D eigenvalue weighted by Crippen LogP contribution is -2.37. The first-order valence-corrected chi connectivity index (χ1v) is 10.4. The van der Waals surface area contributed by atoms with E-state index in [9.17, 15) is 4.79 Å². The number of para-hydroxylation sites is 1. The number of aromatic amines is 1. The molecule has 29 heavy (non-hydrogen) atoms. The molecule has 4 aromatic rings. The van der Waals surface area contributed by atoms with Gasteiger partial charge in [-0.1, -0.05) is 67.6 Å². The number of amides is 1. The van der Waals surface area contributed by atoms with Gasteiger partial charge in [0.2, 0.25) is 0 Å². The number of nitrogens with one attached hydrogen (secondary N) is 1. The summed E-state index contributed by atoms with van der Waals surface area (Å²) in [7, 11) is 0. The number of carbonyl (C=O) groups is 1. The minimum atomic E-state index is -0.0211. The van der Waals surface area contributed by atoms with Gasteiger partial charge in [0.15, 0.2) is 0 Å². The predicted octanol–water partition coefficient (Wildman–Crippen LogP) is 5.42. The molecule has 1 amide bonds. The van der Waals surface area contributed by atoms with Gasteiger partial charge in [0.05, 0.1) is 6.04 Å². The van der Waals surface area contributed by atoms with Gasteiger partial charge in [-0.25, -0.2) is 0 Å². The van der Waals surface area contributed by atoms with E-state index in [-0.39, 0.29) is 17.9 Å². The van der Waals surface area contributed by atoms with Crippen molar-refractivity contribution in [1.29, 1.82) is 0 Å². The van der Waals surface area contributed by atoms with Crippen LogP contribution in [0, 0.1) is 0 Å². The van der Waals surface area contributed by atoms with Crippen LogP contribution in [0.5, 0.6) is 0 Å². The summed E-state index contributed by atoms with van der Waals surface area (Å²) < 4.78 is 0. The van der Waals surface area contributed by atoms with E-state index in [1.165, 1.54) is 27.8 Å². The molecule has 2 aliphatic heterocycles. The highest BCUT2D eigenvalue weighted by molar-refractivity contribution is 6.01. The Labute approximate surface area is 170 Å². The van der Waals surface area contributed by atoms with Crippen molar-refractivity contribution in [2.75, 3.05) is 6.54 Å². The van der Waals surface area contributed by atoms with Crippen LogP contribution in [0.25, 0.3) is 10.9 Å². The highest BCUT2D eigenvalue weighted by Gasteiger charge is 2.45. The van der Waals surface area contributed by atoms with E-state index >= 15 is 0 Å². The van der Waals surface area contributed by atoms with Crippen LogP contribution < -0.4 is 0 Å². The number of benzene rings is 3. The van der Waals surface area contributed by atoms with Crippen molar-refractivity contribution in [2.45, 2.75) is 25.3 Å². The lowest BCUT2D eigenvalue weighted by molar-refractivity contribution is 0.0727. The molecule has 142 valence electrons. The van der Waals surface area contributed by atoms with Crippen LogP contribution in [-0.4, -0.2) is 22.3 Å². The molecule has 0 aliphatic carbocycles. The normalized spacial score (nSPS) is 19.9. The predicted molar refractivity (Wildman–Crippen MR) is 115 cm³/mol. The maximum Gasteiger partial charge on any atom is 0.255 e. The number of rotatable bonds is 2. The zero-order valence-corrected chi connectivity index (χ0v) is 16.4. The standard InChI is InChI=1S/C26H22N2O/c1-2-16-11-13-17(14-12-16)21-15-28-25(18-7-3-4-8-19(18)26(28)29)24-23(21)20-9-5-6-10-22(20)27-24/h3-14,21,25,27H,2,15H2,1H3/t21-,25-/m1/s1. The molecule has 1 aromatic heterocycles. The summed E-state index contributed by atoms with van der Waals surface area (Å²) in [5.74, 6) is 0.312. The number of hydrogen-bond acceptors (Lipinski definition) is 1. The summed E-state index contributed by atoms with van der Waals surface area (Å²) in [6.07, 6.45) is 1.03. The smallest absolute Gasteiger partial charge is 0.255 e. The molecule has 0 spiro atoms. The maximum atomic E-state index is 13.2. The Morgan fingerprint density at radius 1 is 0.966 bits per heavy atom. The molecule has 6 rings (SSSR count). The van der Waals surface area contributed by atoms with Gasteiger partial charge in [0.25, 0.3) is 5.91 Å². The third kappa shape index (κ3) is 2.27. The van der Waals surface area contributed by atoms with Gasteiger partial charge in [-0.2, -0.15) is 0 Å². The second-order valence-electron chi connectivity index (χ2n) is 8.09. The Kier molecular flexibility index (Phi) is 3.48. The van der Waals surface area contributed by atoms with Crippen LogP contribution in [0.15, 0.2) is 72.8 Å². The van der Waals surface area contributed by atoms with E-state index in [4.69, 9.17) is 0 Å². The fourth-order valence-electron chi connectivity index (χ4n) is 5.19. The Morgan fingerprint density at radius 3 is 2.55 bits per heavy atom. The lowest BCUT2D eigenvalue weighted by atomic mass is 9.82. The molecular weight excluding hydrogens is 356 g/mol. The largest absolute Gasteiger partial charge is 0.356 e. The molecule has 2 atom stereocenters. The average molecular weight is 378 g/mol. The number of carbonyl (C=O) groups excluding carboxylic acids is 1. The van der Waals surface area contributed by atoms with Crippen LogP contribution >= 0.6 is 0 Å². The second-order valence-corrected chi connectivity index (χ2v) is 8.09. The number of aromatic nitrogens is 1. The molecule has 1 N–H and O–H groups in total. The Balaban J connectivity index is 1.60. The summed E-state index contributed by atoms with van der Waals surface area (Å²) in [5.41, 5.74) is 8.22. The van der Waals surface area contributed by atoms with E-state index in [0.717, 1.165) is 23.1 Å². The van der Waals surface area contributed by atoms with Gasteiger partial charge in [-0.05, 0) is 40.8 Å². The van der Waals surface area contributed by atoms with Crippen LogP contribution in [-0.2, 0) is 6.42 Å². The summed E-state index contributed by atoms with van der Waals surface area (Å²) in [6, 6.07) is 25.5. The monoisotopic (exact) mass is 378 g/mol. The van der Waals surface area contributed by atoms with Crippen LogP contribution in [0.3, 0.4) is 0 Å². The summed E-state index contributed by atoms with van der Waals surface area (Å²) >= 11 is 0. The number of aryl methyl sites for hydroxylation is 1. The van der Waals surface area contributed by atoms with Gasteiger partial charge in [0, 0.05) is 34.6 Å². The molecule has 3 heteroatoms. The van der Waals surface area contributed by atoms with Gasteiger partial charge < -0.3 is 9.88 Å². The van der Waals surface area contributed by atoms with E-state index in [0.29, 0.717) is 6.54 Å². The number of hydrogen-bond donors (Lipinski definition) is 1. The fourth-order valence-corrected chi connectivity index (χ4v) is 5.19. The van der Waals surface area contributed by atoms with Crippen molar-refractivity contribution >= 4 is 16.8 Å². The average Bonchev–Trinajstić information content (AvgIpc) is 3.30. The van der Waals surface area contributed by atoms with Crippen molar-refractivity contribution in [3.63, 3.8) is 0 Å². The van der Waals surface area contributed by atoms with Gasteiger partial charge in [0.1, 0.15) is 0 Å². The molecular formula is C26H22N2O. The number of fused-ring (bicyclic) bond motifs is 7. The number of H-pyrrole nitrogens is 1. The van der Waals surface area contributed by atoms with E-state index in [2.05, 4.69) is 71.4 Å². The Bertz CT molecular complexity index is 1250. The van der Waals surface area contributed by atoms with Crippen molar-refractivity contribution in [3.05, 3.63) is 106 Å². The molecule has 0 fully saturated rings. The van der Waals surface area contributed by atoms with Crippen LogP contribution in [0.1, 0.15) is 57.2 Å². The topological polar surface area (TPSA) is 36.1 Å². The van der Waals surface area contributed by atoms with Crippen molar-refractivity contribution < 1.29 is 4.79 Å². The zero-order valence-electron chi connectivity index (χ0n) is 16.4. The second kappa shape index (κ2) is 6.08. The first kappa shape index (κ1) is 16.6. The zero-order chi connectivity index (χ0) is 19.5. The van der Waals surface area contributed by atoms with Crippen molar-refractivity contribution in [3.8, 4) is 0 Å². The molecule has 3 heterocycles.